The van der Waals surface area contributed by atoms with Gasteiger partial charge in [0, 0.05) is 30.0 Å². The average Bonchev–Trinajstić information content (AvgIpc) is 3.36. The summed E-state index contributed by atoms with van der Waals surface area (Å²) in [5.41, 5.74) is 0.100. The summed E-state index contributed by atoms with van der Waals surface area (Å²) in [6.07, 6.45) is -1.56. The Kier molecular flexibility index (Phi) is 5.72. The Morgan fingerprint density at radius 3 is 2.47 bits per heavy atom. The number of carbonyl (C=O) groups is 2. The average molecular weight is 446 g/mol. The molecule has 1 saturated carbocycles. The lowest BCUT2D eigenvalue weighted by molar-refractivity contribution is -0.141. The van der Waals surface area contributed by atoms with Crippen LogP contribution in [0.3, 0.4) is 0 Å². The Morgan fingerprint density at radius 2 is 1.84 bits per heavy atom. The molecule has 0 radical (unpaired) electrons. The minimum absolute atomic E-state index is 0.00270. The molecule has 1 aliphatic rings. The van der Waals surface area contributed by atoms with Crippen LogP contribution in [0.15, 0.2) is 42.6 Å². The van der Waals surface area contributed by atoms with E-state index in [2.05, 4.69) is 20.8 Å². The number of halogens is 3. The zero-order chi connectivity index (χ0) is 22.9. The van der Waals surface area contributed by atoms with Gasteiger partial charge in [-0.3, -0.25) is 19.0 Å². The van der Waals surface area contributed by atoms with E-state index < -0.39 is 30.2 Å². The summed E-state index contributed by atoms with van der Waals surface area (Å²) in [6, 6.07) is 9.76. The molecule has 11 heteroatoms. The molecule has 0 spiro atoms. The molecule has 3 aromatic rings. The van der Waals surface area contributed by atoms with Crippen molar-refractivity contribution >= 4 is 23.2 Å². The molecule has 32 heavy (non-hydrogen) atoms. The van der Waals surface area contributed by atoms with Crippen molar-refractivity contribution in [2.75, 3.05) is 10.6 Å². The third kappa shape index (κ3) is 4.82. The number of benzene rings is 1. The first kappa shape index (κ1) is 21.6. The third-order valence-corrected chi connectivity index (χ3v) is 5.00. The van der Waals surface area contributed by atoms with Crippen molar-refractivity contribution in [2.24, 2.45) is 0 Å². The maximum Gasteiger partial charge on any atom is 0.435 e. The van der Waals surface area contributed by atoms with E-state index in [9.17, 15) is 22.8 Å². The second-order valence-electron chi connectivity index (χ2n) is 7.50. The zero-order valence-corrected chi connectivity index (χ0v) is 17.2. The highest BCUT2D eigenvalue weighted by Gasteiger charge is 2.38. The molecule has 0 saturated heterocycles. The van der Waals surface area contributed by atoms with Crippen LogP contribution in [0.5, 0.6) is 0 Å². The summed E-state index contributed by atoms with van der Waals surface area (Å²) in [4.78, 5) is 25.3. The Bertz CT molecular complexity index is 1130. The summed E-state index contributed by atoms with van der Waals surface area (Å²) in [5.74, 6) is -1.15. The lowest BCUT2D eigenvalue weighted by atomic mass is 10.2. The van der Waals surface area contributed by atoms with Crippen LogP contribution in [0.4, 0.5) is 24.5 Å². The number of nitrogens with one attached hydrogen (secondary N) is 2. The normalized spacial score (nSPS) is 13.8. The Labute approximate surface area is 181 Å². The van der Waals surface area contributed by atoms with Gasteiger partial charge in [0.1, 0.15) is 6.54 Å². The van der Waals surface area contributed by atoms with Gasteiger partial charge in [-0.15, -0.1) is 0 Å². The minimum atomic E-state index is -4.59. The second-order valence-corrected chi connectivity index (χ2v) is 7.50. The molecule has 4 rings (SSSR count). The maximum atomic E-state index is 13.1. The second kappa shape index (κ2) is 8.48. The van der Waals surface area contributed by atoms with Gasteiger partial charge in [0.2, 0.25) is 5.91 Å². The Hall–Kier alpha value is -3.63. The van der Waals surface area contributed by atoms with Crippen LogP contribution in [-0.4, -0.2) is 31.4 Å². The molecule has 0 bridgehead atoms. The van der Waals surface area contributed by atoms with Crippen LogP contribution in [0.25, 0.3) is 0 Å². The number of aromatic nitrogens is 4. The molecule has 2 N–H and O–H groups in total. The number of aryl methyl sites for hydroxylation is 1. The fraction of sp³-hybridized carbons (Fsp3) is 0.333. The third-order valence-electron chi connectivity index (χ3n) is 5.00. The van der Waals surface area contributed by atoms with Crippen molar-refractivity contribution in [1.29, 1.82) is 0 Å². The molecule has 1 fully saturated rings. The van der Waals surface area contributed by atoms with E-state index in [4.69, 9.17) is 0 Å². The standard InChI is InChI=1S/C21H21F3N6O2/c1-2-29-11-15(19(28-29)20(32)25-14-6-4-3-5-7-14)26-18(31)12-30-16(13-8-9-13)10-17(27-30)21(22,23)24/h3-7,10-11,13H,2,8-9,12H2,1H3,(H,25,32)(H,26,31). The molecule has 0 unspecified atom stereocenters. The monoisotopic (exact) mass is 446 g/mol. The number of rotatable bonds is 7. The van der Waals surface area contributed by atoms with E-state index in [1.165, 1.54) is 10.9 Å². The predicted octanol–water partition coefficient (Wildman–Crippen LogP) is 3.89. The number of para-hydroxylation sites is 1. The molecular formula is C21H21F3N6O2. The van der Waals surface area contributed by atoms with Crippen molar-refractivity contribution in [3.05, 3.63) is 59.7 Å². The van der Waals surface area contributed by atoms with E-state index in [0.717, 1.165) is 23.6 Å². The number of alkyl halides is 3. The fourth-order valence-electron chi connectivity index (χ4n) is 3.28. The summed E-state index contributed by atoms with van der Waals surface area (Å²) < 4.78 is 41.8. The maximum absolute atomic E-state index is 13.1. The van der Waals surface area contributed by atoms with Gasteiger partial charge in [0.05, 0.1) is 5.69 Å². The molecule has 1 aromatic carbocycles. The number of nitrogens with zero attached hydrogens (tertiary/aromatic N) is 4. The van der Waals surface area contributed by atoms with Crippen molar-refractivity contribution in [1.82, 2.24) is 19.6 Å². The van der Waals surface area contributed by atoms with Crippen LogP contribution in [-0.2, 0) is 24.1 Å². The molecule has 168 valence electrons. The number of hydrogen-bond acceptors (Lipinski definition) is 4. The smallest absolute Gasteiger partial charge is 0.321 e. The fourth-order valence-corrected chi connectivity index (χ4v) is 3.28. The number of hydrogen-bond donors (Lipinski definition) is 2. The van der Waals surface area contributed by atoms with Gasteiger partial charge < -0.3 is 10.6 Å². The van der Waals surface area contributed by atoms with Crippen molar-refractivity contribution < 1.29 is 22.8 Å². The quantitative estimate of drug-likeness (QED) is 0.576. The topological polar surface area (TPSA) is 93.8 Å². The van der Waals surface area contributed by atoms with Gasteiger partial charge in [-0.1, -0.05) is 18.2 Å². The summed E-state index contributed by atoms with van der Waals surface area (Å²) in [7, 11) is 0. The summed E-state index contributed by atoms with van der Waals surface area (Å²) in [5, 5.41) is 13.1. The van der Waals surface area contributed by atoms with Crippen LogP contribution in [0, 0.1) is 0 Å². The highest BCUT2D eigenvalue weighted by atomic mass is 19.4. The van der Waals surface area contributed by atoms with E-state index >= 15 is 0 Å². The van der Waals surface area contributed by atoms with Crippen LogP contribution < -0.4 is 10.6 Å². The minimum Gasteiger partial charge on any atom is -0.321 e. The lowest BCUT2D eigenvalue weighted by Gasteiger charge is -2.09. The largest absolute Gasteiger partial charge is 0.435 e. The number of anilines is 2. The zero-order valence-electron chi connectivity index (χ0n) is 17.2. The molecule has 2 aromatic heterocycles. The van der Waals surface area contributed by atoms with E-state index in [0.29, 0.717) is 17.9 Å². The van der Waals surface area contributed by atoms with Gasteiger partial charge in [-0.25, -0.2) is 0 Å². The van der Waals surface area contributed by atoms with Crippen LogP contribution in [0.1, 0.15) is 47.6 Å². The summed E-state index contributed by atoms with van der Waals surface area (Å²) in [6.45, 7) is 1.88. The lowest BCUT2D eigenvalue weighted by Crippen LogP contribution is -2.23. The predicted molar refractivity (Wildman–Crippen MR) is 110 cm³/mol. The van der Waals surface area contributed by atoms with E-state index in [1.54, 1.807) is 24.3 Å². The van der Waals surface area contributed by atoms with Crippen LogP contribution in [0.2, 0.25) is 0 Å². The van der Waals surface area contributed by atoms with Gasteiger partial charge in [-0.2, -0.15) is 23.4 Å². The molecular weight excluding hydrogens is 425 g/mol. The van der Waals surface area contributed by atoms with Gasteiger partial charge in [0.25, 0.3) is 5.91 Å². The molecule has 0 aliphatic heterocycles. The molecule has 1 aliphatic carbocycles. The van der Waals surface area contributed by atoms with Gasteiger partial charge >= 0.3 is 6.18 Å². The first-order valence-corrected chi connectivity index (χ1v) is 10.1. The molecule has 0 atom stereocenters. The van der Waals surface area contributed by atoms with E-state index in [-0.39, 0.29) is 17.3 Å². The number of amides is 2. The molecule has 2 heterocycles. The first-order valence-electron chi connectivity index (χ1n) is 10.1. The van der Waals surface area contributed by atoms with Gasteiger partial charge in [-0.05, 0) is 38.0 Å². The van der Waals surface area contributed by atoms with Crippen LogP contribution >= 0.6 is 0 Å². The number of carbonyl (C=O) groups excluding carboxylic acids is 2. The van der Waals surface area contributed by atoms with E-state index in [1.807, 2.05) is 13.0 Å². The summed E-state index contributed by atoms with van der Waals surface area (Å²) >= 11 is 0. The first-order chi connectivity index (χ1) is 15.2. The van der Waals surface area contributed by atoms with Crippen molar-refractivity contribution in [3.8, 4) is 0 Å². The molecule has 8 nitrogen and oxygen atoms in total. The highest BCUT2D eigenvalue weighted by molar-refractivity contribution is 6.08. The van der Waals surface area contributed by atoms with Gasteiger partial charge in [0.15, 0.2) is 11.4 Å². The van der Waals surface area contributed by atoms with Crippen molar-refractivity contribution in [3.63, 3.8) is 0 Å². The Morgan fingerprint density at radius 1 is 1.12 bits per heavy atom. The Balaban J connectivity index is 1.52. The van der Waals surface area contributed by atoms with Crippen molar-refractivity contribution in [2.45, 2.75) is 44.9 Å². The highest BCUT2D eigenvalue weighted by Crippen LogP contribution is 2.42. The molecule has 2 amide bonds. The SMILES string of the molecule is CCn1cc(NC(=O)Cn2nc(C(F)(F)F)cc2C2CC2)c(C(=O)Nc2ccccc2)n1.